The Morgan fingerprint density at radius 3 is 2.27 bits per heavy atom. The molecule has 3 rings (SSSR count). The van der Waals surface area contributed by atoms with Gasteiger partial charge in [-0.3, -0.25) is 10.1 Å². The number of ether oxygens (including phenoxy) is 4. The van der Waals surface area contributed by atoms with Crippen LogP contribution in [0.25, 0.3) is 0 Å². The number of nitrogens with one attached hydrogen (secondary N) is 2. The second kappa shape index (κ2) is 13.0. The van der Waals surface area contributed by atoms with Crippen molar-refractivity contribution in [3.8, 4) is 17.2 Å². The van der Waals surface area contributed by atoms with E-state index in [1.54, 1.807) is 37.4 Å². The number of rotatable bonds is 11. The highest BCUT2D eigenvalue weighted by atomic mass is 32.1. The summed E-state index contributed by atoms with van der Waals surface area (Å²) < 4.78 is 22.0. The Morgan fingerprint density at radius 1 is 0.788 bits per heavy atom. The van der Waals surface area contributed by atoms with Crippen molar-refractivity contribution in [3.63, 3.8) is 0 Å². The van der Waals surface area contributed by atoms with E-state index in [1.165, 1.54) is 0 Å². The van der Waals surface area contributed by atoms with Gasteiger partial charge in [-0.25, -0.2) is 0 Å². The molecule has 0 aliphatic rings. The number of hydrogen-bond donors (Lipinski definition) is 2. The molecule has 0 saturated carbocycles. The van der Waals surface area contributed by atoms with Gasteiger partial charge in [0.05, 0.1) is 12.2 Å². The Bertz CT molecular complexity index is 1050. The van der Waals surface area contributed by atoms with Gasteiger partial charge in [0.2, 0.25) is 0 Å². The number of anilines is 1. The highest BCUT2D eigenvalue weighted by Gasteiger charge is 2.14. The first kappa shape index (κ1) is 24.0. The molecule has 0 spiro atoms. The molecule has 0 bridgehead atoms. The van der Waals surface area contributed by atoms with E-state index in [-0.39, 0.29) is 17.6 Å². The van der Waals surface area contributed by atoms with Crippen LogP contribution in [0, 0.1) is 0 Å². The molecule has 7 nitrogen and oxygen atoms in total. The molecule has 8 heteroatoms. The molecule has 0 aliphatic heterocycles. The Balaban J connectivity index is 1.51. The zero-order valence-corrected chi connectivity index (χ0v) is 19.1. The lowest BCUT2D eigenvalue weighted by Crippen LogP contribution is -2.34. The van der Waals surface area contributed by atoms with Crippen LogP contribution in [0.3, 0.4) is 0 Å². The summed E-state index contributed by atoms with van der Waals surface area (Å²) in [7, 11) is 1.62. The van der Waals surface area contributed by atoms with Gasteiger partial charge in [0, 0.05) is 18.9 Å². The van der Waals surface area contributed by atoms with Crippen molar-refractivity contribution in [2.45, 2.75) is 0 Å². The molecule has 0 aromatic heterocycles. The minimum Gasteiger partial charge on any atom is -0.491 e. The van der Waals surface area contributed by atoms with Gasteiger partial charge in [-0.1, -0.05) is 36.4 Å². The first-order chi connectivity index (χ1) is 16.2. The summed E-state index contributed by atoms with van der Waals surface area (Å²) in [6, 6.07) is 23.7. The van der Waals surface area contributed by atoms with E-state index in [9.17, 15) is 4.79 Å². The van der Waals surface area contributed by atoms with Crippen LogP contribution in [0.2, 0.25) is 0 Å². The van der Waals surface area contributed by atoms with Crippen molar-refractivity contribution in [1.82, 2.24) is 5.32 Å². The maximum atomic E-state index is 12.8. The molecular weight excluding hydrogens is 440 g/mol. The maximum Gasteiger partial charge on any atom is 0.261 e. The largest absolute Gasteiger partial charge is 0.491 e. The van der Waals surface area contributed by atoms with E-state index in [4.69, 9.17) is 31.2 Å². The molecule has 0 radical (unpaired) electrons. The number of thiocarbonyl (C=S) groups is 1. The Hall–Kier alpha value is -3.62. The zero-order chi connectivity index (χ0) is 23.3. The molecule has 0 heterocycles. The molecule has 172 valence electrons. The lowest BCUT2D eigenvalue weighted by Gasteiger charge is -2.14. The van der Waals surface area contributed by atoms with Crippen LogP contribution >= 0.6 is 12.2 Å². The zero-order valence-electron chi connectivity index (χ0n) is 18.3. The van der Waals surface area contributed by atoms with Gasteiger partial charge in [0.1, 0.15) is 37.1 Å². The van der Waals surface area contributed by atoms with Crippen LogP contribution in [0.1, 0.15) is 10.4 Å². The predicted molar refractivity (Wildman–Crippen MR) is 131 cm³/mol. The Kier molecular flexibility index (Phi) is 9.50. The van der Waals surface area contributed by atoms with Crippen molar-refractivity contribution in [1.29, 1.82) is 0 Å². The molecule has 0 fully saturated rings. The molecule has 0 saturated heterocycles. The summed E-state index contributed by atoms with van der Waals surface area (Å²) in [5.74, 6) is 1.50. The minimum absolute atomic E-state index is 0.163. The first-order valence-corrected chi connectivity index (χ1v) is 10.8. The average molecular weight is 467 g/mol. The summed E-state index contributed by atoms with van der Waals surface area (Å²) in [5, 5.41) is 5.84. The van der Waals surface area contributed by atoms with Crippen molar-refractivity contribution in [2.75, 3.05) is 38.9 Å². The average Bonchev–Trinajstić information content (AvgIpc) is 2.83. The Labute approximate surface area is 198 Å². The highest BCUT2D eigenvalue weighted by molar-refractivity contribution is 7.80. The lowest BCUT2D eigenvalue weighted by atomic mass is 10.2. The first-order valence-electron chi connectivity index (χ1n) is 10.4. The van der Waals surface area contributed by atoms with Gasteiger partial charge < -0.3 is 24.3 Å². The SMILES string of the molecule is COCCOc1cccc(NC(=S)NC(=O)c2ccccc2OCCOc2ccccc2)c1. The second-order valence-corrected chi connectivity index (χ2v) is 7.19. The number of carbonyl (C=O) groups is 1. The summed E-state index contributed by atoms with van der Waals surface area (Å²) >= 11 is 5.30. The van der Waals surface area contributed by atoms with Crippen LogP contribution in [0.4, 0.5) is 5.69 Å². The van der Waals surface area contributed by atoms with Crippen molar-refractivity contribution >= 4 is 28.9 Å². The van der Waals surface area contributed by atoms with Gasteiger partial charge in [-0.05, 0) is 48.6 Å². The van der Waals surface area contributed by atoms with Gasteiger partial charge in [-0.2, -0.15) is 0 Å². The molecular formula is C25H26N2O5S. The van der Waals surface area contributed by atoms with Gasteiger partial charge >= 0.3 is 0 Å². The second-order valence-electron chi connectivity index (χ2n) is 6.78. The van der Waals surface area contributed by atoms with E-state index < -0.39 is 0 Å². The van der Waals surface area contributed by atoms with Crippen LogP contribution in [0.15, 0.2) is 78.9 Å². The molecule has 0 aliphatic carbocycles. The molecule has 0 unspecified atom stereocenters. The fourth-order valence-electron chi connectivity index (χ4n) is 2.85. The number of methoxy groups -OCH3 is 1. The fraction of sp³-hybridized carbons (Fsp3) is 0.200. The van der Waals surface area contributed by atoms with Crippen LogP contribution < -0.4 is 24.8 Å². The van der Waals surface area contributed by atoms with E-state index in [0.717, 1.165) is 5.75 Å². The minimum atomic E-state index is -0.375. The monoisotopic (exact) mass is 466 g/mol. The van der Waals surface area contributed by atoms with E-state index in [1.807, 2.05) is 48.5 Å². The standard InChI is InChI=1S/C25H26N2O5S/c1-29-14-15-31-21-11-7-8-19(18-21)26-25(33)27-24(28)22-12-5-6-13-23(22)32-17-16-30-20-9-3-2-4-10-20/h2-13,18H,14-17H2,1H3,(H2,26,27,28,33). The summed E-state index contributed by atoms with van der Waals surface area (Å²) in [5.41, 5.74) is 1.07. The number of hydrogen-bond acceptors (Lipinski definition) is 6. The van der Waals surface area contributed by atoms with Crippen LogP contribution in [-0.4, -0.2) is 44.6 Å². The van der Waals surface area contributed by atoms with Gasteiger partial charge in [0.25, 0.3) is 5.91 Å². The van der Waals surface area contributed by atoms with Crippen molar-refractivity contribution < 1.29 is 23.7 Å². The van der Waals surface area contributed by atoms with Gasteiger partial charge in [0.15, 0.2) is 5.11 Å². The predicted octanol–water partition coefficient (Wildman–Crippen LogP) is 4.30. The molecule has 1 amide bonds. The maximum absolute atomic E-state index is 12.8. The third-order valence-corrected chi connectivity index (χ3v) is 4.56. The van der Waals surface area contributed by atoms with E-state index >= 15 is 0 Å². The summed E-state index contributed by atoms with van der Waals surface area (Å²) in [6.45, 7) is 1.57. The number of para-hydroxylation sites is 2. The van der Waals surface area contributed by atoms with Crippen molar-refractivity contribution in [3.05, 3.63) is 84.4 Å². The highest BCUT2D eigenvalue weighted by Crippen LogP contribution is 2.19. The molecule has 2 N–H and O–H groups in total. The van der Waals surface area contributed by atoms with Crippen LogP contribution in [0.5, 0.6) is 17.2 Å². The number of benzene rings is 3. The molecule has 3 aromatic rings. The Morgan fingerprint density at radius 2 is 1.45 bits per heavy atom. The summed E-state index contributed by atoms with van der Waals surface area (Å²) in [6.07, 6.45) is 0. The quantitative estimate of drug-likeness (QED) is 0.322. The third kappa shape index (κ3) is 8.10. The molecule has 3 aromatic carbocycles. The van der Waals surface area contributed by atoms with Crippen LogP contribution in [-0.2, 0) is 4.74 Å². The number of amides is 1. The molecule has 33 heavy (non-hydrogen) atoms. The van der Waals surface area contributed by atoms with E-state index in [2.05, 4.69) is 10.6 Å². The topological polar surface area (TPSA) is 78.1 Å². The van der Waals surface area contributed by atoms with Gasteiger partial charge in [-0.15, -0.1) is 0 Å². The normalized spacial score (nSPS) is 10.2. The summed E-state index contributed by atoms with van der Waals surface area (Å²) in [4.78, 5) is 12.8. The van der Waals surface area contributed by atoms with Crippen molar-refractivity contribution in [2.24, 2.45) is 0 Å². The smallest absolute Gasteiger partial charge is 0.261 e. The third-order valence-electron chi connectivity index (χ3n) is 4.36. The van der Waals surface area contributed by atoms with E-state index in [0.29, 0.717) is 42.6 Å². The number of carbonyl (C=O) groups excluding carboxylic acids is 1. The molecule has 0 atom stereocenters. The lowest BCUT2D eigenvalue weighted by molar-refractivity contribution is 0.0972. The fourth-order valence-corrected chi connectivity index (χ4v) is 3.06.